The molecule has 2 N–H and O–H groups in total. The van der Waals surface area contributed by atoms with Crippen LogP contribution in [0.1, 0.15) is 38.5 Å². The predicted octanol–water partition coefficient (Wildman–Crippen LogP) is 5.70. The fourth-order valence-corrected chi connectivity index (χ4v) is 4.27. The summed E-state index contributed by atoms with van der Waals surface area (Å²) in [5, 5.41) is 12.5. The zero-order valence-corrected chi connectivity index (χ0v) is 18.3. The van der Waals surface area contributed by atoms with E-state index in [0.29, 0.717) is 12.0 Å². The van der Waals surface area contributed by atoms with E-state index in [2.05, 4.69) is 15.7 Å². The van der Waals surface area contributed by atoms with Crippen molar-refractivity contribution in [2.75, 3.05) is 17.7 Å². The van der Waals surface area contributed by atoms with Gasteiger partial charge in [-0.1, -0.05) is 49.9 Å². The zero-order valence-electron chi connectivity index (χ0n) is 18.3. The summed E-state index contributed by atoms with van der Waals surface area (Å²) in [5.41, 5.74) is 2.64. The largest absolute Gasteiger partial charge is 0.497 e. The minimum atomic E-state index is 0.396. The lowest BCUT2D eigenvalue weighted by Crippen LogP contribution is -2.20. The summed E-state index contributed by atoms with van der Waals surface area (Å²) >= 11 is 0. The summed E-state index contributed by atoms with van der Waals surface area (Å²) in [4.78, 5) is 9.74. The number of anilines is 3. The van der Waals surface area contributed by atoms with Crippen LogP contribution in [0.2, 0.25) is 0 Å². The van der Waals surface area contributed by atoms with Gasteiger partial charge in [-0.05, 0) is 37.1 Å². The van der Waals surface area contributed by atoms with Gasteiger partial charge in [0.05, 0.1) is 24.4 Å². The molecule has 7 nitrogen and oxygen atoms in total. The zero-order chi connectivity index (χ0) is 21.8. The Morgan fingerprint density at radius 2 is 1.75 bits per heavy atom. The fraction of sp³-hybridized carbons (Fsp3) is 0.320. The third-order valence-electron chi connectivity index (χ3n) is 5.95. The highest BCUT2D eigenvalue weighted by Gasteiger charge is 2.18. The lowest BCUT2D eigenvalue weighted by molar-refractivity contribution is 0.415. The SMILES string of the molecule is COc1cccc(Nc2nc(NC3CCCCCC3)nc3c2cnn3-c2ccccc2)c1. The van der Waals surface area contributed by atoms with Crippen molar-refractivity contribution in [2.45, 2.75) is 44.6 Å². The maximum atomic E-state index is 5.38. The first-order valence-corrected chi connectivity index (χ1v) is 11.3. The third kappa shape index (κ3) is 4.37. The van der Waals surface area contributed by atoms with Crippen molar-refractivity contribution >= 4 is 28.5 Å². The van der Waals surface area contributed by atoms with E-state index >= 15 is 0 Å². The Morgan fingerprint density at radius 1 is 0.938 bits per heavy atom. The highest BCUT2D eigenvalue weighted by Crippen LogP contribution is 2.29. The number of benzene rings is 2. The van der Waals surface area contributed by atoms with Crippen molar-refractivity contribution in [3.05, 3.63) is 60.8 Å². The van der Waals surface area contributed by atoms with Gasteiger partial charge in [-0.3, -0.25) is 0 Å². The number of ether oxygens (including phenoxy) is 1. The first-order chi connectivity index (χ1) is 15.8. The Bertz CT molecular complexity index is 1180. The molecule has 0 aliphatic heterocycles. The van der Waals surface area contributed by atoms with Gasteiger partial charge in [-0.15, -0.1) is 0 Å². The smallest absolute Gasteiger partial charge is 0.226 e. The van der Waals surface area contributed by atoms with Crippen LogP contribution >= 0.6 is 0 Å². The monoisotopic (exact) mass is 428 g/mol. The van der Waals surface area contributed by atoms with E-state index in [4.69, 9.17) is 14.7 Å². The highest BCUT2D eigenvalue weighted by molar-refractivity contribution is 5.90. The number of hydrogen-bond acceptors (Lipinski definition) is 6. The Balaban J connectivity index is 1.56. The van der Waals surface area contributed by atoms with Gasteiger partial charge in [0.1, 0.15) is 11.6 Å². The molecule has 4 aromatic rings. The summed E-state index contributed by atoms with van der Waals surface area (Å²) in [6.45, 7) is 0. The predicted molar refractivity (Wildman–Crippen MR) is 128 cm³/mol. The van der Waals surface area contributed by atoms with Crippen LogP contribution in [0.15, 0.2) is 60.8 Å². The van der Waals surface area contributed by atoms with Crippen molar-refractivity contribution in [3.8, 4) is 11.4 Å². The van der Waals surface area contributed by atoms with E-state index in [1.54, 1.807) is 7.11 Å². The van der Waals surface area contributed by atoms with Gasteiger partial charge in [0, 0.05) is 17.8 Å². The molecule has 0 atom stereocenters. The van der Waals surface area contributed by atoms with Crippen molar-refractivity contribution in [2.24, 2.45) is 0 Å². The van der Waals surface area contributed by atoms with Crippen LogP contribution in [-0.2, 0) is 0 Å². The number of fused-ring (bicyclic) bond motifs is 1. The number of hydrogen-bond donors (Lipinski definition) is 2. The van der Waals surface area contributed by atoms with Gasteiger partial charge in [-0.25, -0.2) is 4.68 Å². The third-order valence-corrected chi connectivity index (χ3v) is 5.95. The van der Waals surface area contributed by atoms with Gasteiger partial charge in [0.25, 0.3) is 0 Å². The average Bonchev–Trinajstić information content (AvgIpc) is 3.09. The Morgan fingerprint density at radius 3 is 2.53 bits per heavy atom. The molecule has 2 aromatic carbocycles. The Hall–Kier alpha value is -3.61. The molecule has 0 bridgehead atoms. The van der Waals surface area contributed by atoms with Gasteiger partial charge in [0.2, 0.25) is 5.95 Å². The molecule has 1 saturated carbocycles. The lowest BCUT2D eigenvalue weighted by Gasteiger charge is -2.17. The first kappa shape index (κ1) is 20.3. The molecular weight excluding hydrogens is 400 g/mol. The van der Waals surface area contributed by atoms with Crippen LogP contribution in [0.25, 0.3) is 16.7 Å². The van der Waals surface area contributed by atoms with Crippen LogP contribution in [-0.4, -0.2) is 32.9 Å². The maximum absolute atomic E-state index is 5.38. The van der Waals surface area contributed by atoms with E-state index in [1.165, 1.54) is 25.7 Å². The molecule has 32 heavy (non-hydrogen) atoms. The van der Waals surface area contributed by atoms with Crippen LogP contribution in [0.4, 0.5) is 17.5 Å². The number of methoxy groups -OCH3 is 1. The molecular formula is C25H28N6O. The molecule has 2 aromatic heterocycles. The summed E-state index contributed by atoms with van der Waals surface area (Å²) < 4.78 is 7.24. The molecule has 1 aliphatic rings. The normalized spacial score (nSPS) is 14.8. The van der Waals surface area contributed by atoms with Gasteiger partial charge >= 0.3 is 0 Å². The second kappa shape index (κ2) is 9.26. The molecule has 0 radical (unpaired) electrons. The van der Waals surface area contributed by atoms with E-state index in [0.717, 1.165) is 46.8 Å². The maximum Gasteiger partial charge on any atom is 0.226 e. The minimum absolute atomic E-state index is 0.396. The molecule has 0 amide bonds. The first-order valence-electron chi connectivity index (χ1n) is 11.3. The second-order valence-electron chi connectivity index (χ2n) is 8.21. The van der Waals surface area contributed by atoms with Gasteiger partial charge < -0.3 is 15.4 Å². The molecule has 5 rings (SSSR count). The van der Waals surface area contributed by atoms with E-state index in [1.807, 2.05) is 65.5 Å². The van der Waals surface area contributed by atoms with Crippen molar-refractivity contribution in [1.82, 2.24) is 19.7 Å². The minimum Gasteiger partial charge on any atom is -0.497 e. The second-order valence-corrected chi connectivity index (χ2v) is 8.21. The summed E-state index contributed by atoms with van der Waals surface area (Å²) in [7, 11) is 1.67. The van der Waals surface area contributed by atoms with E-state index < -0.39 is 0 Å². The average molecular weight is 429 g/mol. The Kier molecular flexibility index (Phi) is 5.87. The van der Waals surface area contributed by atoms with Crippen molar-refractivity contribution in [3.63, 3.8) is 0 Å². The lowest BCUT2D eigenvalue weighted by atomic mass is 10.1. The molecule has 0 unspecified atom stereocenters. The topological polar surface area (TPSA) is 76.9 Å². The number of aromatic nitrogens is 4. The van der Waals surface area contributed by atoms with Gasteiger partial charge in [-0.2, -0.15) is 15.1 Å². The Labute approximate surface area is 187 Å². The molecule has 1 fully saturated rings. The highest BCUT2D eigenvalue weighted by atomic mass is 16.5. The van der Waals surface area contributed by atoms with E-state index in [9.17, 15) is 0 Å². The number of nitrogens with zero attached hydrogens (tertiary/aromatic N) is 4. The molecule has 164 valence electrons. The van der Waals surface area contributed by atoms with Gasteiger partial charge in [0.15, 0.2) is 5.65 Å². The van der Waals surface area contributed by atoms with Crippen LogP contribution in [0, 0.1) is 0 Å². The molecule has 0 saturated heterocycles. The van der Waals surface area contributed by atoms with Crippen molar-refractivity contribution < 1.29 is 4.74 Å². The number of nitrogens with one attached hydrogen (secondary N) is 2. The summed E-state index contributed by atoms with van der Waals surface area (Å²) in [6, 6.07) is 18.3. The summed E-state index contributed by atoms with van der Waals surface area (Å²) in [5.74, 6) is 2.14. The summed E-state index contributed by atoms with van der Waals surface area (Å²) in [6.07, 6.45) is 9.23. The molecule has 7 heteroatoms. The fourth-order valence-electron chi connectivity index (χ4n) is 4.27. The molecule has 1 aliphatic carbocycles. The molecule has 0 spiro atoms. The quantitative estimate of drug-likeness (QED) is 0.384. The van der Waals surface area contributed by atoms with Crippen LogP contribution in [0.3, 0.4) is 0 Å². The van der Waals surface area contributed by atoms with Crippen molar-refractivity contribution in [1.29, 1.82) is 0 Å². The standard InChI is InChI=1S/C25H28N6O/c1-32-21-15-9-12-19(16-21)27-23-22-17-26-31(20-13-7-4-8-14-20)24(22)30-25(29-23)28-18-10-5-2-3-6-11-18/h4,7-9,12-18H,2-3,5-6,10-11H2,1H3,(H2,27,28,29,30). The van der Waals surface area contributed by atoms with Crippen LogP contribution in [0.5, 0.6) is 5.75 Å². The molecule has 2 heterocycles. The number of para-hydroxylation sites is 1. The van der Waals surface area contributed by atoms with E-state index in [-0.39, 0.29) is 0 Å². The van der Waals surface area contributed by atoms with Crippen LogP contribution < -0.4 is 15.4 Å². The number of rotatable bonds is 6.